The summed E-state index contributed by atoms with van der Waals surface area (Å²) in [5.41, 5.74) is 0.521. The van der Waals surface area contributed by atoms with Crippen molar-refractivity contribution in [1.29, 1.82) is 0 Å². The predicted molar refractivity (Wildman–Crippen MR) is 44.0 cm³/mol. The van der Waals surface area contributed by atoms with Crippen LogP contribution in [-0.4, -0.2) is 9.97 Å². The van der Waals surface area contributed by atoms with Gasteiger partial charge in [0.25, 0.3) is 5.56 Å². The average molecular weight is 173 g/mol. The number of hydrogen-bond donors (Lipinski definition) is 1. The van der Waals surface area contributed by atoms with Crippen LogP contribution in [0.3, 0.4) is 0 Å². The first kappa shape index (κ1) is 8.27. The van der Waals surface area contributed by atoms with E-state index in [1.54, 1.807) is 0 Å². The molecule has 0 aromatic carbocycles. The first-order valence-electron chi connectivity index (χ1n) is 3.36. The zero-order valence-corrected chi connectivity index (χ0v) is 7.14. The van der Waals surface area contributed by atoms with E-state index in [2.05, 4.69) is 9.97 Å². The van der Waals surface area contributed by atoms with Gasteiger partial charge in [0.1, 0.15) is 0 Å². The van der Waals surface area contributed by atoms with Gasteiger partial charge in [0.15, 0.2) is 0 Å². The highest BCUT2D eigenvalue weighted by Crippen LogP contribution is 2.09. The van der Waals surface area contributed by atoms with E-state index in [9.17, 15) is 4.79 Å². The predicted octanol–water partition coefficient (Wildman–Crippen LogP) is 1.55. The zero-order chi connectivity index (χ0) is 8.43. The minimum Gasteiger partial charge on any atom is -0.297 e. The van der Waals surface area contributed by atoms with E-state index in [0.29, 0.717) is 0 Å². The topological polar surface area (TPSA) is 45.8 Å². The summed E-state index contributed by atoms with van der Waals surface area (Å²) in [6.07, 6.45) is 0. The summed E-state index contributed by atoms with van der Waals surface area (Å²) < 4.78 is 0. The summed E-state index contributed by atoms with van der Waals surface area (Å²) in [6.45, 7) is 3.91. The minimum absolute atomic E-state index is 0.154. The van der Waals surface area contributed by atoms with Crippen LogP contribution in [0, 0.1) is 0 Å². The van der Waals surface area contributed by atoms with Gasteiger partial charge in [-0.2, -0.15) is 0 Å². The number of aromatic nitrogens is 2. The lowest BCUT2D eigenvalue weighted by Crippen LogP contribution is -2.09. The van der Waals surface area contributed by atoms with Crippen LogP contribution >= 0.6 is 11.6 Å². The Labute approximate surface area is 69.4 Å². The van der Waals surface area contributed by atoms with Gasteiger partial charge in [-0.1, -0.05) is 13.8 Å². The van der Waals surface area contributed by atoms with Crippen LogP contribution in [0.1, 0.15) is 25.5 Å². The maximum Gasteiger partial charge on any atom is 0.252 e. The van der Waals surface area contributed by atoms with Crippen LogP contribution in [-0.2, 0) is 0 Å². The van der Waals surface area contributed by atoms with Gasteiger partial charge >= 0.3 is 0 Å². The number of halogens is 1. The fourth-order valence-electron chi connectivity index (χ4n) is 0.741. The van der Waals surface area contributed by atoms with Crippen LogP contribution in [0.15, 0.2) is 10.9 Å². The molecule has 0 bridgehead atoms. The Morgan fingerprint density at radius 2 is 2.27 bits per heavy atom. The summed E-state index contributed by atoms with van der Waals surface area (Å²) in [5, 5.41) is 0.154. The Kier molecular flexibility index (Phi) is 2.29. The third kappa shape index (κ3) is 2.05. The second-order valence-corrected chi connectivity index (χ2v) is 2.97. The van der Waals surface area contributed by atoms with Crippen molar-refractivity contribution < 1.29 is 0 Å². The maximum absolute atomic E-state index is 10.8. The molecule has 1 N–H and O–H groups in total. The standard InChI is InChI=1S/C7H9ClN2O/c1-4(2)5-3-6(11)10-7(8)9-5/h3-4H,1-2H3,(H,9,10,11). The van der Waals surface area contributed by atoms with E-state index in [1.807, 2.05) is 13.8 Å². The lowest BCUT2D eigenvalue weighted by Gasteiger charge is -2.01. The first-order valence-corrected chi connectivity index (χ1v) is 3.74. The minimum atomic E-state index is -0.200. The lowest BCUT2D eigenvalue weighted by atomic mass is 10.1. The second kappa shape index (κ2) is 3.05. The van der Waals surface area contributed by atoms with E-state index in [0.717, 1.165) is 5.69 Å². The van der Waals surface area contributed by atoms with E-state index < -0.39 is 0 Å². The van der Waals surface area contributed by atoms with Crippen LogP contribution in [0.2, 0.25) is 5.28 Å². The third-order valence-corrected chi connectivity index (χ3v) is 1.50. The van der Waals surface area contributed by atoms with Gasteiger partial charge in [0, 0.05) is 6.07 Å². The molecule has 0 aliphatic rings. The number of aromatic amines is 1. The molecule has 0 radical (unpaired) electrons. The van der Waals surface area contributed by atoms with Crippen LogP contribution < -0.4 is 5.56 Å². The Hall–Kier alpha value is -0.830. The van der Waals surface area contributed by atoms with Gasteiger partial charge in [-0.05, 0) is 17.5 Å². The molecule has 0 spiro atoms. The van der Waals surface area contributed by atoms with E-state index in [1.165, 1.54) is 6.07 Å². The van der Waals surface area contributed by atoms with Crippen LogP contribution in [0.4, 0.5) is 0 Å². The van der Waals surface area contributed by atoms with Crippen molar-refractivity contribution in [3.63, 3.8) is 0 Å². The monoisotopic (exact) mass is 172 g/mol. The van der Waals surface area contributed by atoms with Crippen molar-refractivity contribution in [2.24, 2.45) is 0 Å². The molecule has 1 rings (SSSR count). The highest BCUT2D eigenvalue weighted by molar-refractivity contribution is 6.28. The van der Waals surface area contributed by atoms with Crippen LogP contribution in [0.5, 0.6) is 0 Å². The normalized spacial score (nSPS) is 10.5. The van der Waals surface area contributed by atoms with Crippen LogP contribution in [0.25, 0.3) is 0 Å². The first-order chi connectivity index (χ1) is 5.09. The van der Waals surface area contributed by atoms with Gasteiger partial charge in [-0.15, -0.1) is 0 Å². The van der Waals surface area contributed by atoms with E-state index >= 15 is 0 Å². The molecule has 0 atom stereocenters. The Bertz CT molecular complexity index is 306. The fraction of sp³-hybridized carbons (Fsp3) is 0.429. The second-order valence-electron chi connectivity index (χ2n) is 2.62. The van der Waals surface area contributed by atoms with Crippen molar-refractivity contribution in [2.75, 3.05) is 0 Å². The molecule has 1 aromatic rings. The number of H-pyrrole nitrogens is 1. The van der Waals surface area contributed by atoms with Gasteiger partial charge in [-0.25, -0.2) is 4.98 Å². The highest BCUT2D eigenvalue weighted by atomic mass is 35.5. The van der Waals surface area contributed by atoms with Crippen molar-refractivity contribution in [3.8, 4) is 0 Å². The third-order valence-electron chi connectivity index (χ3n) is 1.32. The molecule has 3 nitrogen and oxygen atoms in total. The largest absolute Gasteiger partial charge is 0.297 e. The summed E-state index contributed by atoms with van der Waals surface area (Å²) in [6, 6.07) is 1.45. The van der Waals surface area contributed by atoms with Gasteiger partial charge < -0.3 is 0 Å². The number of hydrogen-bond acceptors (Lipinski definition) is 2. The Morgan fingerprint density at radius 1 is 1.64 bits per heavy atom. The van der Waals surface area contributed by atoms with E-state index in [-0.39, 0.29) is 16.8 Å². The zero-order valence-electron chi connectivity index (χ0n) is 6.39. The molecule has 4 heteroatoms. The van der Waals surface area contributed by atoms with Gasteiger partial charge in [-0.3, -0.25) is 9.78 Å². The molecule has 0 fully saturated rings. The Morgan fingerprint density at radius 3 is 2.73 bits per heavy atom. The van der Waals surface area contributed by atoms with Crippen molar-refractivity contribution >= 4 is 11.6 Å². The number of nitrogens with one attached hydrogen (secondary N) is 1. The molecule has 60 valence electrons. The molecule has 0 unspecified atom stereocenters. The molecule has 0 amide bonds. The van der Waals surface area contributed by atoms with Crippen molar-refractivity contribution in [3.05, 3.63) is 27.4 Å². The van der Waals surface area contributed by atoms with Gasteiger partial charge in [0.05, 0.1) is 5.69 Å². The average Bonchev–Trinajstić information content (AvgIpc) is 1.85. The molecule has 0 aliphatic heterocycles. The maximum atomic E-state index is 10.8. The smallest absolute Gasteiger partial charge is 0.252 e. The Balaban J connectivity index is 3.19. The molecular weight excluding hydrogens is 164 g/mol. The molecule has 1 aromatic heterocycles. The fourth-order valence-corrected chi connectivity index (χ4v) is 0.932. The van der Waals surface area contributed by atoms with Crippen molar-refractivity contribution in [1.82, 2.24) is 9.97 Å². The SMILES string of the molecule is CC(C)c1cc(=O)[nH]c(Cl)n1. The lowest BCUT2D eigenvalue weighted by molar-refractivity contribution is 0.809. The summed E-state index contributed by atoms with van der Waals surface area (Å²) in [7, 11) is 0. The number of nitrogens with zero attached hydrogens (tertiary/aromatic N) is 1. The summed E-state index contributed by atoms with van der Waals surface area (Å²) >= 11 is 5.53. The summed E-state index contributed by atoms with van der Waals surface area (Å²) in [5.74, 6) is 0.231. The molecule has 1 heterocycles. The number of rotatable bonds is 1. The van der Waals surface area contributed by atoms with E-state index in [4.69, 9.17) is 11.6 Å². The molecule has 0 saturated carbocycles. The quantitative estimate of drug-likeness (QED) is 0.654. The van der Waals surface area contributed by atoms with Gasteiger partial charge in [0.2, 0.25) is 5.28 Å². The molecule has 11 heavy (non-hydrogen) atoms. The molecular formula is C7H9ClN2O. The highest BCUT2D eigenvalue weighted by Gasteiger charge is 2.02. The molecule has 0 saturated heterocycles. The van der Waals surface area contributed by atoms with Crippen molar-refractivity contribution in [2.45, 2.75) is 19.8 Å². The summed E-state index contributed by atoms with van der Waals surface area (Å²) in [4.78, 5) is 17.1. The molecule has 0 aliphatic carbocycles.